The molecular weight excluding hydrogens is 408 g/mol. The highest BCUT2D eigenvalue weighted by Crippen LogP contribution is 2.27. The summed E-state index contributed by atoms with van der Waals surface area (Å²) >= 11 is 0. The van der Waals surface area contributed by atoms with Gasteiger partial charge in [-0.15, -0.1) is 0 Å². The Kier molecular flexibility index (Phi) is 6.35. The third-order valence-electron chi connectivity index (χ3n) is 5.08. The van der Waals surface area contributed by atoms with E-state index in [9.17, 15) is 4.79 Å². The molecule has 0 radical (unpaired) electrons. The van der Waals surface area contributed by atoms with Gasteiger partial charge < -0.3 is 23.5 Å². The Morgan fingerprint density at radius 3 is 2.34 bits per heavy atom. The first-order valence-corrected chi connectivity index (χ1v) is 10.8. The second kappa shape index (κ2) is 9.34. The molecule has 0 N–H and O–H groups in total. The molecule has 1 amide bonds. The van der Waals surface area contributed by atoms with Crippen molar-refractivity contribution < 1.29 is 23.4 Å². The van der Waals surface area contributed by atoms with E-state index in [1.165, 1.54) is 6.39 Å². The molecular formula is C25H28N2O5. The Balaban J connectivity index is 1.30. The van der Waals surface area contributed by atoms with Crippen molar-refractivity contribution in [2.24, 2.45) is 0 Å². The van der Waals surface area contributed by atoms with E-state index in [-0.39, 0.29) is 12.1 Å². The standard InChI is InChI=1S/C25H28N2O5/c1-25(2,3)32-24(28)27-14-4-5-19(27)16-29-20-10-12-22(13-11-20)31-21-8-6-18(7-9-21)23-15-26-17-30-23/h6-13,15,17,19H,4-5,14,16H2,1-3H3/t19-/m1/s1. The largest absolute Gasteiger partial charge is 0.491 e. The number of benzene rings is 2. The summed E-state index contributed by atoms with van der Waals surface area (Å²) in [5.41, 5.74) is 0.433. The van der Waals surface area contributed by atoms with Gasteiger partial charge in [-0.2, -0.15) is 0 Å². The van der Waals surface area contributed by atoms with Crippen molar-refractivity contribution >= 4 is 6.09 Å². The van der Waals surface area contributed by atoms with Gasteiger partial charge in [0, 0.05) is 12.1 Å². The first-order chi connectivity index (χ1) is 15.4. The molecule has 1 fully saturated rings. The van der Waals surface area contributed by atoms with E-state index in [0.29, 0.717) is 24.7 Å². The predicted molar refractivity (Wildman–Crippen MR) is 120 cm³/mol. The van der Waals surface area contributed by atoms with Crippen LogP contribution in [-0.4, -0.2) is 40.8 Å². The molecule has 0 unspecified atom stereocenters. The summed E-state index contributed by atoms with van der Waals surface area (Å²) in [6.07, 6.45) is 4.67. The lowest BCUT2D eigenvalue weighted by atomic mass is 10.2. The molecule has 1 saturated heterocycles. The monoisotopic (exact) mass is 436 g/mol. The maximum atomic E-state index is 12.4. The fourth-order valence-electron chi connectivity index (χ4n) is 3.55. The summed E-state index contributed by atoms with van der Waals surface area (Å²) in [7, 11) is 0. The van der Waals surface area contributed by atoms with E-state index in [4.69, 9.17) is 18.6 Å². The van der Waals surface area contributed by atoms with Crippen LogP contribution < -0.4 is 9.47 Å². The highest BCUT2D eigenvalue weighted by atomic mass is 16.6. The van der Waals surface area contributed by atoms with Crippen molar-refractivity contribution in [1.29, 1.82) is 0 Å². The van der Waals surface area contributed by atoms with Crippen LogP contribution in [-0.2, 0) is 4.74 Å². The van der Waals surface area contributed by atoms with Gasteiger partial charge in [0.25, 0.3) is 0 Å². The Labute approximate surface area is 187 Å². The Morgan fingerprint density at radius 2 is 1.72 bits per heavy atom. The van der Waals surface area contributed by atoms with E-state index >= 15 is 0 Å². The van der Waals surface area contributed by atoms with Crippen LogP contribution in [0.3, 0.4) is 0 Å². The number of ether oxygens (including phenoxy) is 3. The van der Waals surface area contributed by atoms with Crippen LogP contribution in [0.15, 0.2) is 65.5 Å². The second-order valence-corrected chi connectivity index (χ2v) is 8.74. The summed E-state index contributed by atoms with van der Waals surface area (Å²) in [6, 6.07) is 15.1. The molecule has 168 valence electrons. The van der Waals surface area contributed by atoms with Crippen LogP contribution in [0, 0.1) is 0 Å². The molecule has 7 heteroatoms. The van der Waals surface area contributed by atoms with Gasteiger partial charge in [0.1, 0.15) is 29.5 Å². The van der Waals surface area contributed by atoms with Crippen molar-refractivity contribution in [2.45, 2.75) is 45.3 Å². The fourth-order valence-corrected chi connectivity index (χ4v) is 3.55. The van der Waals surface area contributed by atoms with Crippen molar-refractivity contribution in [3.8, 4) is 28.6 Å². The van der Waals surface area contributed by atoms with Gasteiger partial charge in [0.15, 0.2) is 12.2 Å². The molecule has 2 aromatic carbocycles. The lowest BCUT2D eigenvalue weighted by molar-refractivity contribution is 0.0187. The third kappa shape index (κ3) is 5.60. The molecule has 1 aliphatic heterocycles. The highest BCUT2D eigenvalue weighted by molar-refractivity contribution is 5.69. The van der Waals surface area contributed by atoms with Gasteiger partial charge in [0.2, 0.25) is 0 Å². The number of carbonyl (C=O) groups is 1. The quantitative estimate of drug-likeness (QED) is 0.478. The molecule has 0 bridgehead atoms. The Bertz CT molecular complexity index is 1010. The molecule has 1 aromatic heterocycles. The second-order valence-electron chi connectivity index (χ2n) is 8.74. The van der Waals surface area contributed by atoms with Gasteiger partial charge in [-0.05, 0) is 82.1 Å². The zero-order valence-electron chi connectivity index (χ0n) is 18.6. The van der Waals surface area contributed by atoms with Gasteiger partial charge in [-0.3, -0.25) is 0 Å². The normalized spacial score (nSPS) is 16.1. The van der Waals surface area contributed by atoms with E-state index in [1.807, 2.05) is 69.3 Å². The van der Waals surface area contributed by atoms with E-state index in [1.54, 1.807) is 11.1 Å². The number of hydrogen-bond acceptors (Lipinski definition) is 6. The average Bonchev–Trinajstić information content (AvgIpc) is 3.45. The van der Waals surface area contributed by atoms with Crippen LogP contribution in [0.1, 0.15) is 33.6 Å². The number of amides is 1. The highest BCUT2D eigenvalue weighted by Gasteiger charge is 2.32. The molecule has 1 atom stereocenters. The van der Waals surface area contributed by atoms with Crippen molar-refractivity contribution in [3.63, 3.8) is 0 Å². The molecule has 4 rings (SSSR count). The minimum atomic E-state index is -0.503. The minimum Gasteiger partial charge on any atom is -0.491 e. The number of oxazole rings is 1. The molecule has 0 spiro atoms. The molecule has 0 aliphatic carbocycles. The summed E-state index contributed by atoms with van der Waals surface area (Å²) < 4.78 is 22.7. The molecule has 2 heterocycles. The average molecular weight is 437 g/mol. The number of aromatic nitrogens is 1. The van der Waals surface area contributed by atoms with Crippen LogP contribution in [0.4, 0.5) is 4.79 Å². The van der Waals surface area contributed by atoms with Crippen LogP contribution in [0.2, 0.25) is 0 Å². The maximum absolute atomic E-state index is 12.4. The summed E-state index contributed by atoms with van der Waals surface area (Å²) in [6.45, 7) is 6.76. The summed E-state index contributed by atoms with van der Waals surface area (Å²) in [5, 5.41) is 0. The number of likely N-dealkylation sites (tertiary alicyclic amines) is 1. The Hall–Kier alpha value is -3.48. The zero-order chi connectivity index (χ0) is 22.6. The number of hydrogen-bond donors (Lipinski definition) is 0. The lowest BCUT2D eigenvalue weighted by Crippen LogP contribution is -2.42. The summed E-state index contributed by atoms with van der Waals surface area (Å²) in [5.74, 6) is 2.88. The topological polar surface area (TPSA) is 74.0 Å². The minimum absolute atomic E-state index is 0.0173. The van der Waals surface area contributed by atoms with Crippen molar-refractivity contribution in [3.05, 3.63) is 61.1 Å². The first kappa shape index (κ1) is 21.7. The van der Waals surface area contributed by atoms with Gasteiger partial charge in [-0.1, -0.05) is 0 Å². The van der Waals surface area contributed by atoms with Crippen molar-refractivity contribution in [1.82, 2.24) is 9.88 Å². The summed E-state index contributed by atoms with van der Waals surface area (Å²) in [4.78, 5) is 18.1. The first-order valence-electron chi connectivity index (χ1n) is 10.8. The van der Waals surface area contributed by atoms with Gasteiger partial charge in [-0.25, -0.2) is 9.78 Å². The van der Waals surface area contributed by atoms with Crippen LogP contribution in [0.25, 0.3) is 11.3 Å². The SMILES string of the molecule is CC(C)(C)OC(=O)N1CCC[C@@H]1COc1ccc(Oc2ccc(-c3cnco3)cc2)cc1. The lowest BCUT2D eigenvalue weighted by Gasteiger charge is -2.28. The van der Waals surface area contributed by atoms with Crippen molar-refractivity contribution in [2.75, 3.05) is 13.2 Å². The molecule has 1 aliphatic rings. The number of rotatable bonds is 6. The van der Waals surface area contributed by atoms with Crippen LogP contribution in [0.5, 0.6) is 17.2 Å². The Morgan fingerprint density at radius 1 is 1.06 bits per heavy atom. The molecule has 0 saturated carbocycles. The third-order valence-corrected chi connectivity index (χ3v) is 5.08. The molecule has 7 nitrogen and oxygen atoms in total. The zero-order valence-corrected chi connectivity index (χ0v) is 18.6. The van der Waals surface area contributed by atoms with Gasteiger partial charge >= 0.3 is 6.09 Å². The fraction of sp³-hybridized carbons (Fsp3) is 0.360. The van der Waals surface area contributed by atoms with Gasteiger partial charge in [0.05, 0.1) is 12.2 Å². The van der Waals surface area contributed by atoms with E-state index < -0.39 is 5.60 Å². The number of nitrogens with zero attached hydrogens (tertiary/aromatic N) is 2. The maximum Gasteiger partial charge on any atom is 0.410 e. The predicted octanol–water partition coefficient (Wildman–Crippen LogP) is 5.91. The smallest absolute Gasteiger partial charge is 0.410 e. The molecule has 32 heavy (non-hydrogen) atoms. The van der Waals surface area contributed by atoms with E-state index in [2.05, 4.69) is 4.98 Å². The van der Waals surface area contributed by atoms with E-state index in [0.717, 1.165) is 29.9 Å². The molecule has 3 aromatic rings. The number of carbonyl (C=O) groups excluding carboxylic acids is 1. The van der Waals surface area contributed by atoms with Crippen LogP contribution >= 0.6 is 0 Å².